The molecule has 2 aliphatic carbocycles. The molecule has 36 heavy (non-hydrogen) atoms. The lowest BCUT2D eigenvalue weighted by Gasteiger charge is -2.32. The van der Waals surface area contributed by atoms with Crippen LogP contribution in [0.1, 0.15) is 48.8 Å². The fraction of sp³-hybridized carbons (Fsp3) is 0.423. The van der Waals surface area contributed by atoms with Crippen molar-refractivity contribution in [2.24, 2.45) is 11.7 Å². The normalized spacial score (nSPS) is 22.5. The number of halogens is 1. The zero-order valence-corrected chi connectivity index (χ0v) is 20.7. The van der Waals surface area contributed by atoms with Gasteiger partial charge >= 0.3 is 0 Å². The zero-order chi connectivity index (χ0) is 25.1. The van der Waals surface area contributed by atoms with Gasteiger partial charge in [-0.2, -0.15) is 5.10 Å². The maximum absolute atomic E-state index is 13.9. The highest BCUT2D eigenvalue weighted by atomic mass is 35.5. The van der Waals surface area contributed by atoms with Gasteiger partial charge in [-0.3, -0.25) is 24.0 Å². The first-order valence-electron chi connectivity index (χ1n) is 12.4. The Kier molecular flexibility index (Phi) is 5.48. The van der Waals surface area contributed by atoms with Crippen molar-refractivity contribution in [3.63, 3.8) is 0 Å². The summed E-state index contributed by atoms with van der Waals surface area (Å²) in [4.78, 5) is 47.5. The van der Waals surface area contributed by atoms with Crippen LogP contribution in [0.15, 0.2) is 36.5 Å². The Morgan fingerprint density at radius 1 is 1.19 bits per heavy atom. The van der Waals surface area contributed by atoms with Gasteiger partial charge in [0.05, 0.1) is 22.4 Å². The molecule has 3 fully saturated rings. The van der Waals surface area contributed by atoms with Crippen LogP contribution in [0.4, 0.5) is 5.69 Å². The molecule has 2 saturated carbocycles. The van der Waals surface area contributed by atoms with Crippen LogP contribution in [0.2, 0.25) is 5.02 Å². The molecule has 3 aromatic rings. The van der Waals surface area contributed by atoms with E-state index in [2.05, 4.69) is 10.1 Å². The molecular formula is C26H27ClN6O3. The molecule has 3 heterocycles. The third kappa shape index (κ3) is 3.82. The number of fused-ring (bicyclic) bond motifs is 2. The molecule has 0 spiro atoms. The Morgan fingerprint density at radius 3 is 2.67 bits per heavy atom. The Labute approximate surface area is 213 Å². The van der Waals surface area contributed by atoms with E-state index in [-0.39, 0.29) is 36.1 Å². The molecule has 6 rings (SSSR count). The number of hydrogen-bond donors (Lipinski definition) is 1. The highest BCUT2D eigenvalue weighted by molar-refractivity contribution is 6.34. The number of aromatic nitrogens is 3. The highest BCUT2D eigenvalue weighted by Crippen LogP contribution is 2.49. The second kappa shape index (κ2) is 8.58. The number of likely N-dealkylation sites (tertiary alicyclic amines) is 1. The van der Waals surface area contributed by atoms with E-state index >= 15 is 0 Å². The summed E-state index contributed by atoms with van der Waals surface area (Å²) in [5.74, 6) is -0.605. The summed E-state index contributed by atoms with van der Waals surface area (Å²) < 4.78 is 1.48. The minimum Gasteiger partial charge on any atom is -0.364 e. The summed E-state index contributed by atoms with van der Waals surface area (Å²) >= 11 is 6.46. The van der Waals surface area contributed by atoms with E-state index in [1.807, 2.05) is 25.1 Å². The van der Waals surface area contributed by atoms with E-state index < -0.39 is 11.9 Å². The van der Waals surface area contributed by atoms with E-state index in [9.17, 15) is 14.4 Å². The molecule has 0 unspecified atom stereocenters. The number of carbonyl (C=O) groups excluding carboxylic acids is 3. The lowest BCUT2D eigenvalue weighted by molar-refractivity contribution is -0.139. The number of amides is 3. The molecule has 10 heteroatoms. The predicted molar refractivity (Wildman–Crippen MR) is 135 cm³/mol. The van der Waals surface area contributed by atoms with Crippen molar-refractivity contribution in [1.29, 1.82) is 0 Å². The smallest absolute Gasteiger partial charge is 0.269 e. The van der Waals surface area contributed by atoms with Crippen molar-refractivity contribution in [2.45, 2.75) is 63.7 Å². The first-order chi connectivity index (χ1) is 17.4. The summed E-state index contributed by atoms with van der Waals surface area (Å²) in [6, 6.07) is 8.77. The molecule has 3 amide bonds. The van der Waals surface area contributed by atoms with E-state index in [4.69, 9.17) is 17.3 Å². The summed E-state index contributed by atoms with van der Waals surface area (Å²) in [7, 11) is 0. The van der Waals surface area contributed by atoms with Crippen LogP contribution in [-0.4, -0.2) is 55.5 Å². The summed E-state index contributed by atoms with van der Waals surface area (Å²) in [6.45, 7) is 1.87. The maximum Gasteiger partial charge on any atom is 0.269 e. The largest absolute Gasteiger partial charge is 0.364 e. The van der Waals surface area contributed by atoms with Crippen molar-refractivity contribution < 1.29 is 14.4 Å². The number of nitrogens with two attached hydrogens (primary N) is 1. The number of aryl methyl sites for hydroxylation is 1. The number of nitrogens with zero attached hydrogens (tertiary/aromatic N) is 5. The Morgan fingerprint density at radius 2 is 1.97 bits per heavy atom. The number of rotatable bonds is 7. The van der Waals surface area contributed by atoms with E-state index in [1.54, 1.807) is 28.1 Å². The topological polar surface area (TPSA) is 114 Å². The SMILES string of the molecule is CCc1cc2c(C(N)=O)nn(CC(=O)N3[C@@H]4C[C@@H]4C[C@H]3C(=O)N(c3ccccc3Cl)C3CC3)c2cn1. The van der Waals surface area contributed by atoms with Crippen LogP contribution >= 0.6 is 11.6 Å². The standard InChI is InChI=1S/C26H27ClN6O3/c1-2-15-11-17-22(12-29-15)31(30-24(17)25(28)35)13-23(34)33-20-9-14(20)10-21(33)26(36)32(16-7-8-16)19-6-4-3-5-18(19)27/h3-6,11-12,14,16,20-21H,2,7-10,13H2,1H3,(H2,28,35)/t14-,20-,21+/m1/s1. The fourth-order valence-electron chi connectivity index (χ4n) is 5.49. The van der Waals surface area contributed by atoms with Gasteiger partial charge in [0.15, 0.2) is 5.69 Å². The van der Waals surface area contributed by atoms with Gasteiger partial charge in [0, 0.05) is 23.2 Å². The van der Waals surface area contributed by atoms with Crippen LogP contribution in [0, 0.1) is 5.92 Å². The number of anilines is 1. The van der Waals surface area contributed by atoms with Gasteiger partial charge in [-0.15, -0.1) is 0 Å². The minimum atomic E-state index is -0.657. The van der Waals surface area contributed by atoms with Crippen LogP contribution < -0.4 is 10.6 Å². The van der Waals surface area contributed by atoms with Gasteiger partial charge in [0.25, 0.3) is 5.91 Å². The molecule has 3 atom stereocenters. The lowest BCUT2D eigenvalue weighted by atomic mass is 10.1. The average molecular weight is 507 g/mol. The number of pyridine rings is 1. The highest BCUT2D eigenvalue weighted by Gasteiger charge is 2.57. The molecule has 0 radical (unpaired) electrons. The Bertz CT molecular complexity index is 1400. The zero-order valence-electron chi connectivity index (χ0n) is 19.9. The van der Waals surface area contributed by atoms with Gasteiger partial charge in [0.2, 0.25) is 11.8 Å². The second-order valence-electron chi connectivity index (χ2n) is 9.92. The molecule has 2 aromatic heterocycles. The molecule has 186 valence electrons. The second-order valence-corrected chi connectivity index (χ2v) is 10.3. The van der Waals surface area contributed by atoms with Crippen molar-refractivity contribution in [1.82, 2.24) is 19.7 Å². The number of primary amides is 1. The van der Waals surface area contributed by atoms with Crippen molar-refractivity contribution >= 4 is 45.9 Å². The van der Waals surface area contributed by atoms with Gasteiger partial charge in [0.1, 0.15) is 12.6 Å². The molecule has 3 aliphatic rings. The van der Waals surface area contributed by atoms with Gasteiger partial charge in [-0.05, 0) is 56.2 Å². The van der Waals surface area contributed by atoms with Gasteiger partial charge in [-0.25, -0.2) is 0 Å². The van der Waals surface area contributed by atoms with Crippen LogP contribution in [0.25, 0.3) is 10.9 Å². The fourth-order valence-corrected chi connectivity index (χ4v) is 5.72. The molecule has 2 N–H and O–H groups in total. The van der Waals surface area contributed by atoms with Crippen molar-refractivity contribution in [2.75, 3.05) is 4.90 Å². The predicted octanol–water partition coefficient (Wildman–Crippen LogP) is 2.93. The third-order valence-corrected chi connectivity index (χ3v) is 7.83. The quantitative estimate of drug-likeness (QED) is 0.529. The molecule has 9 nitrogen and oxygen atoms in total. The van der Waals surface area contributed by atoms with Gasteiger partial charge < -0.3 is 15.5 Å². The molecule has 1 saturated heterocycles. The van der Waals surface area contributed by atoms with Crippen LogP contribution in [-0.2, 0) is 22.6 Å². The number of benzene rings is 1. The molecule has 1 aliphatic heterocycles. The maximum atomic E-state index is 13.9. The average Bonchev–Trinajstić information content (AvgIpc) is 3.78. The first kappa shape index (κ1) is 23.0. The Balaban J connectivity index is 1.30. The third-order valence-electron chi connectivity index (χ3n) is 7.51. The van der Waals surface area contributed by atoms with E-state index in [1.165, 1.54) is 4.68 Å². The minimum absolute atomic E-state index is 0.0565. The Hall–Kier alpha value is -3.46. The van der Waals surface area contributed by atoms with E-state index in [0.29, 0.717) is 40.4 Å². The number of piperidine rings is 1. The summed E-state index contributed by atoms with van der Waals surface area (Å²) in [5, 5.41) is 5.47. The summed E-state index contributed by atoms with van der Waals surface area (Å²) in [5.41, 5.74) is 7.76. The number of para-hydroxylation sites is 1. The first-order valence-corrected chi connectivity index (χ1v) is 12.8. The molecular weight excluding hydrogens is 480 g/mol. The van der Waals surface area contributed by atoms with Gasteiger partial charge in [-0.1, -0.05) is 30.7 Å². The van der Waals surface area contributed by atoms with E-state index in [0.717, 1.165) is 25.0 Å². The molecule has 1 aromatic carbocycles. The summed E-state index contributed by atoms with van der Waals surface area (Å²) in [6.07, 6.45) is 5.72. The van der Waals surface area contributed by atoms with Crippen LogP contribution in [0.5, 0.6) is 0 Å². The number of hydrogen-bond acceptors (Lipinski definition) is 5. The number of carbonyl (C=O) groups is 3. The lowest BCUT2D eigenvalue weighted by Crippen LogP contribution is -2.51. The monoisotopic (exact) mass is 506 g/mol. The van der Waals surface area contributed by atoms with Crippen LogP contribution in [0.3, 0.4) is 0 Å². The van der Waals surface area contributed by atoms with Crippen molar-refractivity contribution in [3.8, 4) is 0 Å². The van der Waals surface area contributed by atoms with Crippen molar-refractivity contribution in [3.05, 3.63) is 52.9 Å². The molecule has 0 bridgehead atoms.